The molecule has 0 aromatic carbocycles. The van der Waals surface area contributed by atoms with Gasteiger partial charge < -0.3 is 150 Å². The summed E-state index contributed by atoms with van der Waals surface area (Å²) in [4.78, 5) is 37.0. The molecule has 6 saturated heterocycles. The van der Waals surface area contributed by atoms with Crippen molar-refractivity contribution >= 4 is 17.7 Å². The van der Waals surface area contributed by atoms with Gasteiger partial charge in [-0.05, 0) is 6.92 Å². The zero-order valence-corrected chi connectivity index (χ0v) is 42.2. The number of ether oxygens (including phenoxy) is 11. The fourth-order valence-electron chi connectivity index (χ4n) is 10.1. The minimum absolute atomic E-state index is 0.461. The lowest BCUT2D eigenvalue weighted by atomic mass is 9.89. The molecule has 6 heterocycles. The average molecular weight is 1130 g/mol. The topological polar surface area (TPSA) is 513 Å². The van der Waals surface area contributed by atoms with E-state index in [4.69, 9.17) is 52.1 Å². The van der Waals surface area contributed by atoms with Crippen molar-refractivity contribution in [2.45, 2.75) is 211 Å². The van der Waals surface area contributed by atoms with Gasteiger partial charge in [-0.15, -0.1) is 0 Å². The van der Waals surface area contributed by atoms with Gasteiger partial charge >= 0.3 is 0 Å². The Morgan fingerprint density at radius 1 is 0.442 bits per heavy atom. The van der Waals surface area contributed by atoms with Crippen molar-refractivity contribution in [1.82, 2.24) is 16.0 Å². The standard InChI is InChI=1S/C44H75N3O30/c1-13-23(45-14(2)54)29(61)35(20(8-50)68-13)73-39-25(47-16(4)56)30(62)36(21(9-51)71-39)74-42-34(66)37(28(60)22(72-42)10-67-41-33(65)31(63)26(58)18(6-48)69-41)75-43-38(32(64)27(59)19(7-49)70-43)76-40-24(46-15(3)55)17(57)5-44(11-52,12-53)77-40/h13,17-43,48-53,57-66H,5-12H2,1-4H3,(H,45,54)(H,46,55)(H,47,56)/t13-,17?,18?,19?,20?,21?,22?,23?,24?,25?,26+,27?,28+,29?,30?,31?,32?,33?,34?,35+,36+,37?,38?,39-,40+,41-,42-,43?/m0/s1. The Balaban J connectivity index is 1.33. The van der Waals surface area contributed by atoms with E-state index in [0.29, 0.717) is 0 Å². The average Bonchev–Trinajstić information content (AvgIpc) is 3.40. The van der Waals surface area contributed by atoms with Crippen molar-refractivity contribution in [3.05, 3.63) is 0 Å². The molecule has 446 valence electrons. The molecular weight excluding hydrogens is 1050 g/mol. The molecule has 19 N–H and O–H groups in total. The van der Waals surface area contributed by atoms with Crippen LogP contribution in [0.3, 0.4) is 0 Å². The highest BCUT2D eigenvalue weighted by Crippen LogP contribution is 2.38. The minimum Gasteiger partial charge on any atom is -0.394 e. The quantitative estimate of drug-likeness (QED) is 0.0538. The summed E-state index contributed by atoms with van der Waals surface area (Å²) < 4.78 is 64.9. The summed E-state index contributed by atoms with van der Waals surface area (Å²) >= 11 is 0. The number of carbonyl (C=O) groups excluding carboxylic acids is 3. The summed E-state index contributed by atoms with van der Waals surface area (Å²) in [6.07, 6.45) is -46.7. The van der Waals surface area contributed by atoms with E-state index in [-0.39, 0.29) is 0 Å². The maximum atomic E-state index is 12.7. The molecule has 0 bridgehead atoms. The van der Waals surface area contributed by atoms with Gasteiger partial charge in [0, 0.05) is 27.2 Å². The predicted molar refractivity (Wildman–Crippen MR) is 242 cm³/mol. The van der Waals surface area contributed by atoms with Gasteiger partial charge in [0.15, 0.2) is 31.5 Å². The molecule has 28 atom stereocenters. The lowest BCUT2D eigenvalue weighted by Crippen LogP contribution is -2.70. The van der Waals surface area contributed by atoms with Gasteiger partial charge in [0.05, 0.1) is 64.5 Å². The van der Waals surface area contributed by atoms with Crippen molar-refractivity contribution in [1.29, 1.82) is 0 Å². The molecular formula is C44H75N3O30. The van der Waals surface area contributed by atoms with Crippen LogP contribution in [-0.4, -0.2) is 323 Å². The molecule has 0 saturated carbocycles. The molecule has 0 spiro atoms. The molecule has 19 unspecified atom stereocenters. The lowest BCUT2D eigenvalue weighted by molar-refractivity contribution is -0.395. The van der Waals surface area contributed by atoms with E-state index in [1.54, 1.807) is 0 Å². The molecule has 3 amide bonds. The number of rotatable bonds is 20. The van der Waals surface area contributed by atoms with E-state index in [1.165, 1.54) is 13.8 Å². The smallest absolute Gasteiger partial charge is 0.217 e. The fraction of sp³-hybridized carbons (Fsp3) is 0.932. The molecule has 6 rings (SSSR count). The summed E-state index contributed by atoms with van der Waals surface area (Å²) in [6, 6.07) is -4.33. The van der Waals surface area contributed by atoms with Gasteiger partial charge in [-0.25, -0.2) is 0 Å². The maximum Gasteiger partial charge on any atom is 0.217 e. The van der Waals surface area contributed by atoms with E-state index in [1.807, 2.05) is 0 Å². The van der Waals surface area contributed by atoms with Gasteiger partial charge in [-0.1, -0.05) is 0 Å². The third kappa shape index (κ3) is 14.2. The van der Waals surface area contributed by atoms with E-state index < -0.39 is 248 Å². The number of hydrogen-bond donors (Lipinski definition) is 19. The molecule has 77 heavy (non-hydrogen) atoms. The summed E-state index contributed by atoms with van der Waals surface area (Å²) in [5, 5.41) is 181. The SMILES string of the molecule is CC(=O)NC1C(O)CC(CO)(CO)O[C@H]1OC1C(OC2C(O)[C@H](O[C@@H]3C(CO)O[C@@H](O[C@@H]4C(CO)O[C@@H](C)C(NC(C)=O)C4O)C(NC(C)=O)C3O)OC(CO[C@H]3OC(CO)[C@@H](O)C(O)C3O)[C@H]2O)OC(CO)C(O)C1O. The number of carbonyl (C=O) groups is 3. The Bertz CT molecular complexity index is 1900. The number of aliphatic hydroxyl groups is 16. The third-order valence-electron chi connectivity index (χ3n) is 14.2. The highest BCUT2D eigenvalue weighted by atomic mass is 16.8. The Labute approximate surface area is 438 Å². The maximum absolute atomic E-state index is 12.7. The van der Waals surface area contributed by atoms with Crippen LogP contribution in [0.25, 0.3) is 0 Å². The second-order valence-electron chi connectivity index (χ2n) is 19.9. The van der Waals surface area contributed by atoms with Crippen molar-refractivity contribution in [3.63, 3.8) is 0 Å². The van der Waals surface area contributed by atoms with Crippen LogP contribution in [0.1, 0.15) is 34.1 Å². The second kappa shape index (κ2) is 27.4. The highest BCUT2D eigenvalue weighted by molar-refractivity contribution is 5.74. The molecule has 33 heteroatoms. The van der Waals surface area contributed by atoms with Crippen LogP contribution in [0.2, 0.25) is 0 Å². The normalized spacial score (nSPS) is 46.4. The first-order chi connectivity index (χ1) is 36.4. The number of hydrogen-bond acceptors (Lipinski definition) is 30. The summed E-state index contributed by atoms with van der Waals surface area (Å²) in [6.45, 7) is -1.64. The lowest BCUT2D eigenvalue weighted by Gasteiger charge is -2.51. The number of nitrogens with one attached hydrogen (secondary N) is 3. The van der Waals surface area contributed by atoms with Crippen molar-refractivity contribution in [3.8, 4) is 0 Å². The van der Waals surface area contributed by atoms with Crippen LogP contribution in [0.15, 0.2) is 0 Å². The Hall–Kier alpha value is -2.67. The Kier molecular flexibility index (Phi) is 22.6. The molecule has 0 aromatic rings. The van der Waals surface area contributed by atoms with Crippen molar-refractivity contribution in [2.75, 3.05) is 46.2 Å². The second-order valence-corrected chi connectivity index (χ2v) is 19.9. The summed E-state index contributed by atoms with van der Waals surface area (Å²) in [7, 11) is 0. The van der Waals surface area contributed by atoms with Crippen LogP contribution in [0.4, 0.5) is 0 Å². The first-order valence-electron chi connectivity index (χ1n) is 24.8. The molecule has 0 aromatic heterocycles. The van der Waals surface area contributed by atoms with Crippen LogP contribution in [-0.2, 0) is 66.5 Å². The minimum atomic E-state index is -2.32. The molecule has 33 nitrogen and oxygen atoms in total. The van der Waals surface area contributed by atoms with E-state index in [2.05, 4.69) is 16.0 Å². The number of aliphatic hydroxyl groups excluding tert-OH is 16. The van der Waals surface area contributed by atoms with Gasteiger partial charge in [-0.3, -0.25) is 14.4 Å². The molecule has 6 aliphatic rings. The molecule has 0 aliphatic carbocycles. The number of amides is 3. The van der Waals surface area contributed by atoms with E-state index >= 15 is 0 Å². The molecule has 6 fully saturated rings. The summed E-state index contributed by atoms with van der Waals surface area (Å²) in [5.41, 5.74) is -1.93. The largest absolute Gasteiger partial charge is 0.394 e. The Morgan fingerprint density at radius 3 is 1.45 bits per heavy atom. The third-order valence-corrected chi connectivity index (χ3v) is 14.2. The molecule has 0 radical (unpaired) electrons. The van der Waals surface area contributed by atoms with E-state index in [0.717, 1.165) is 13.8 Å². The zero-order chi connectivity index (χ0) is 57.0. The zero-order valence-electron chi connectivity index (χ0n) is 42.2. The van der Waals surface area contributed by atoms with Crippen LogP contribution in [0.5, 0.6) is 0 Å². The predicted octanol–water partition coefficient (Wildman–Crippen LogP) is -12.2. The van der Waals surface area contributed by atoms with Gasteiger partial charge in [-0.2, -0.15) is 0 Å². The molecule has 6 aliphatic heterocycles. The van der Waals surface area contributed by atoms with Crippen molar-refractivity contribution in [2.24, 2.45) is 0 Å². The van der Waals surface area contributed by atoms with Crippen LogP contribution in [0, 0.1) is 0 Å². The van der Waals surface area contributed by atoms with E-state index in [9.17, 15) is 96.1 Å². The summed E-state index contributed by atoms with van der Waals surface area (Å²) in [5.74, 6) is -2.11. The van der Waals surface area contributed by atoms with Crippen molar-refractivity contribution < 1.29 is 148 Å². The fourth-order valence-corrected chi connectivity index (χ4v) is 10.1. The Morgan fingerprint density at radius 2 is 0.896 bits per heavy atom. The monoisotopic (exact) mass is 1130 g/mol. The first kappa shape index (κ1) is 63.5. The first-order valence-corrected chi connectivity index (χ1v) is 24.8. The van der Waals surface area contributed by atoms with Crippen LogP contribution >= 0.6 is 0 Å². The van der Waals surface area contributed by atoms with Gasteiger partial charge in [0.1, 0.15) is 128 Å². The van der Waals surface area contributed by atoms with Gasteiger partial charge in [0.25, 0.3) is 0 Å². The van der Waals surface area contributed by atoms with Crippen LogP contribution < -0.4 is 16.0 Å². The highest BCUT2D eigenvalue weighted by Gasteiger charge is 2.58. The van der Waals surface area contributed by atoms with Gasteiger partial charge in [0.2, 0.25) is 17.7 Å².